The number of methoxy groups -OCH3 is 2. The summed E-state index contributed by atoms with van der Waals surface area (Å²) in [5, 5.41) is 17.9. The first-order chi connectivity index (χ1) is 9.97. The van der Waals surface area contributed by atoms with E-state index in [-0.39, 0.29) is 5.82 Å². The van der Waals surface area contributed by atoms with E-state index in [4.69, 9.17) is 19.7 Å². The van der Waals surface area contributed by atoms with Crippen LogP contribution in [0.25, 0.3) is 11.4 Å². The van der Waals surface area contributed by atoms with Crippen molar-refractivity contribution in [2.24, 2.45) is 0 Å². The number of aromatic amines is 1. The number of nitrogens with zero attached hydrogens (tertiary/aromatic N) is 1. The molecule has 110 valence electrons. The zero-order valence-corrected chi connectivity index (χ0v) is 11.2. The molecule has 0 amide bonds. The van der Waals surface area contributed by atoms with Gasteiger partial charge in [-0.25, -0.2) is 14.6 Å². The van der Waals surface area contributed by atoms with Gasteiger partial charge in [-0.15, -0.1) is 0 Å². The van der Waals surface area contributed by atoms with Crippen LogP contribution in [0.3, 0.4) is 0 Å². The summed E-state index contributed by atoms with van der Waals surface area (Å²) in [5.41, 5.74) is -0.554. The van der Waals surface area contributed by atoms with E-state index in [0.717, 1.165) is 0 Å². The van der Waals surface area contributed by atoms with Gasteiger partial charge in [0, 0.05) is 5.56 Å². The number of carboxylic acids is 2. The normalized spacial score (nSPS) is 10.2. The van der Waals surface area contributed by atoms with Crippen LogP contribution in [-0.4, -0.2) is 46.3 Å². The zero-order chi connectivity index (χ0) is 15.6. The van der Waals surface area contributed by atoms with Gasteiger partial charge in [0.2, 0.25) is 0 Å². The Morgan fingerprint density at radius 3 is 2.24 bits per heavy atom. The summed E-state index contributed by atoms with van der Waals surface area (Å²) in [6, 6.07) is 4.78. The van der Waals surface area contributed by atoms with Gasteiger partial charge >= 0.3 is 11.9 Å². The van der Waals surface area contributed by atoms with Gasteiger partial charge in [-0.2, -0.15) is 0 Å². The van der Waals surface area contributed by atoms with Crippen molar-refractivity contribution in [1.82, 2.24) is 9.97 Å². The van der Waals surface area contributed by atoms with E-state index in [1.54, 1.807) is 18.2 Å². The number of ether oxygens (including phenoxy) is 2. The molecule has 0 saturated heterocycles. The maximum absolute atomic E-state index is 11.0. The number of H-pyrrole nitrogens is 1. The molecule has 0 bridgehead atoms. The summed E-state index contributed by atoms with van der Waals surface area (Å²) >= 11 is 0. The molecule has 1 aromatic heterocycles. The Bertz CT molecular complexity index is 675. The Morgan fingerprint density at radius 1 is 1.10 bits per heavy atom. The molecule has 8 heteroatoms. The predicted octanol–water partition coefficient (Wildman–Crippen LogP) is 1.49. The molecule has 0 spiro atoms. The number of carboxylic acid groups (broad SMARTS) is 2. The van der Waals surface area contributed by atoms with Gasteiger partial charge in [0.1, 0.15) is 5.82 Å². The van der Waals surface area contributed by atoms with Crippen molar-refractivity contribution >= 4 is 11.9 Å². The third kappa shape index (κ3) is 2.64. The molecule has 8 nitrogen and oxygen atoms in total. The second-order valence-corrected chi connectivity index (χ2v) is 3.99. The lowest BCUT2D eigenvalue weighted by molar-refractivity contribution is 0.0644. The first-order valence-electron chi connectivity index (χ1n) is 5.77. The molecule has 0 unspecified atom stereocenters. The van der Waals surface area contributed by atoms with Gasteiger partial charge in [-0.3, -0.25) is 0 Å². The second kappa shape index (κ2) is 5.53. The summed E-state index contributed by atoms with van der Waals surface area (Å²) < 4.78 is 10.2. The highest BCUT2D eigenvalue weighted by Crippen LogP contribution is 2.31. The standard InChI is InChI=1S/C13H12N2O6/c1-20-7-4-3-6(5-8(7)21-2)11-14-9(12(16)17)10(15-11)13(18)19/h3-5H,1-2H3,(H,14,15)(H,16,17)(H,18,19). The van der Waals surface area contributed by atoms with Crippen molar-refractivity contribution in [3.63, 3.8) is 0 Å². The molecule has 0 aliphatic heterocycles. The molecular formula is C13H12N2O6. The molecule has 0 aliphatic rings. The van der Waals surface area contributed by atoms with E-state index in [2.05, 4.69) is 9.97 Å². The first kappa shape index (κ1) is 14.4. The van der Waals surface area contributed by atoms with Gasteiger partial charge in [-0.1, -0.05) is 0 Å². The van der Waals surface area contributed by atoms with E-state index in [9.17, 15) is 9.59 Å². The van der Waals surface area contributed by atoms with Gasteiger partial charge < -0.3 is 24.7 Å². The van der Waals surface area contributed by atoms with E-state index in [1.165, 1.54) is 14.2 Å². The number of imidazole rings is 1. The topological polar surface area (TPSA) is 122 Å². The summed E-state index contributed by atoms with van der Waals surface area (Å²) in [6.07, 6.45) is 0. The fourth-order valence-corrected chi connectivity index (χ4v) is 1.80. The Hall–Kier alpha value is -3.03. The molecule has 0 saturated carbocycles. The number of hydrogen-bond acceptors (Lipinski definition) is 5. The smallest absolute Gasteiger partial charge is 0.357 e. The molecule has 3 N–H and O–H groups in total. The first-order valence-corrected chi connectivity index (χ1v) is 5.77. The molecule has 21 heavy (non-hydrogen) atoms. The SMILES string of the molecule is COc1ccc(-c2nc(C(=O)O)c(C(=O)O)[nH]2)cc1OC. The van der Waals surface area contributed by atoms with Crippen molar-refractivity contribution < 1.29 is 29.3 Å². The van der Waals surface area contributed by atoms with Crippen molar-refractivity contribution in [2.75, 3.05) is 14.2 Å². The number of hydrogen-bond donors (Lipinski definition) is 3. The van der Waals surface area contributed by atoms with Gasteiger partial charge in [0.05, 0.1) is 14.2 Å². The Morgan fingerprint density at radius 2 is 1.76 bits per heavy atom. The molecule has 0 aliphatic carbocycles. The minimum atomic E-state index is -1.42. The highest BCUT2D eigenvalue weighted by molar-refractivity contribution is 5.99. The van der Waals surface area contributed by atoms with Gasteiger partial charge in [0.25, 0.3) is 0 Å². The second-order valence-electron chi connectivity index (χ2n) is 3.99. The summed E-state index contributed by atoms with van der Waals surface area (Å²) in [4.78, 5) is 28.3. The number of carbonyl (C=O) groups is 2. The summed E-state index contributed by atoms with van der Waals surface area (Å²) in [5.74, 6) is -1.79. The molecule has 2 aromatic rings. The Labute approximate surface area is 119 Å². The number of rotatable bonds is 5. The van der Waals surface area contributed by atoms with Gasteiger partial charge in [0.15, 0.2) is 22.9 Å². The maximum Gasteiger partial charge on any atom is 0.357 e. The predicted molar refractivity (Wildman–Crippen MR) is 71.0 cm³/mol. The third-order valence-corrected chi connectivity index (χ3v) is 2.78. The van der Waals surface area contributed by atoms with Crippen molar-refractivity contribution in [2.45, 2.75) is 0 Å². The highest BCUT2D eigenvalue weighted by Gasteiger charge is 2.22. The lowest BCUT2D eigenvalue weighted by Gasteiger charge is -2.08. The van der Waals surface area contributed by atoms with Crippen LogP contribution in [0.15, 0.2) is 18.2 Å². The van der Waals surface area contributed by atoms with Crippen LogP contribution < -0.4 is 9.47 Å². The van der Waals surface area contributed by atoms with Crippen LogP contribution in [0.4, 0.5) is 0 Å². The molecule has 0 radical (unpaired) electrons. The average molecular weight is 292 g/mol. The summed E-state index contributed by atoms with van der Waals surface area (Å²) in [7, 11) is 2.94. The lowest BCUT2D eigenvalue weighted by Crippen LogP contribution is -2.07. The van der Waals surface area contributed by atoms with Crippen molar-refractivity contribution in [3.8, 4) is 22.9 Å². The Balaban J connectivity index is 2.54. The lowest BCUT2D eigenvalue weighted by atomic mass is 10.2. The van der Waals surface area contributed by atoms with E-state index in [0.29, 0.717) is 17.1 Å². The van der Waals surface area contributed by atoms with Crippen LogP contribution in [0.1, 0.15) is 21.0 Å². The average Bonchev–Trinajstić information content (AvgIpc) is 2.92. The van der Waals surface area contributed by atoms with Crippen molar-refractivity contribution in [3.05, 3.63) is 29.6 Å². The number of benzene rings is 1. The van der Waals surface area contributed by atoms with Crippen LogP contribution in [0.5, 0.6) is 11.5 Å². The molecule has 1 aromatic carbocycles. The number of aromatic nitrogens is 2. The quantitative estimate of drug-likeness (QED) is 0.763. The molecule has 1 heterocycles. The number of nitrogens with one attached hydrogen (secondary N) is 1. The van der Waals surface area contributed by atoms with Crippen LogP contribution in [-0.2, 0) is 0 Å². The monoisotopic (exact) mass is 292 g/mol. The maximum atomic E-state index is 11.0. The van der Waals surface area contributed by atoms with Crippen molar-refractivity contribution in [1.29, 1.82) is 0 Å². The molecule has 2 rings (SSSR count). The van der Waals surface area contributed by atoms with Crippen LogP contribution >= 0.6 is 0 Å². The Kier molecular flexibility index (Phi) is 3.79. The van der Waals surface area contributed by atoms with Crippen LogP contribution in [0.2, 0.25) is 0 Å². The minimum Gasteiger partial charge on any atom is -0.493 e. The molecule has 0 atom stereocenters. The zero-order valence-electron chi connectivity index (χ0n) is 11.2. The van der Waals surface area contributed by atoms with E-state index in [1.807, 2.05) is 0 Å². The molecule has 0 fully saturated rings. The van der Waals surface area contributed by atoms with E-state index >= 15 is 0 Å². The molecular weight excluding hydrogens is 280 g/mol. The fourth-order valence-electron chi connectivity index (χ4n) is 1.80. The largest absolute Gasteiger partial charge is 0.493 e. The fraction of sp³-hybridized carbons (Fsp3) is 0.154. The third-order valence-electron chi connectivity index (χ3n) is 2.78. The van der Waals surface area contributed by atoms with E-state index < -0.39 is 23.3 Å². The summed E-state index contributed by atoms with van der Waals surface area (Å²) in [6.45, 7) is 0. The van der Waals surface area contributed by atoms with Gasteiger partial charge in [-0.05, 0) is 18.2 Å². The minimum absolute atomic E-state index is 0.116. The number of aromatic carboxylic acids is 2. The highest BCUT2D eigenvalue weighted by atomic mass is 16.5. The van der Waals surface area contributed by atoms with Crippen LogP contribution in [0, 0.1) is 0 Å².